The zero-order valence-corrected chi connectivity index (χ0v) is 6.16. The maximum atomic E-state index is 10.8. The van der Waals surface area contributed by atoms with Gasteiger partial charge < -0.3 is 4.79 Å². The minimum Gasteiger partial charge on any atom is -0.307 e. The van der Waals surface area contributed by atoms with Crippen molar-refractivity contribution in [2.24, 2.45) is 0 Å². The summed E-state index contributed by atoms with van der Waals surface area (Å²) in [6.45, 7) is 0. The molecule has 0 spiro atoms. The molecule has 0 aromatic heterocycles. The van der Waals surface area contributed by atoms with Gasteiger partial charge in [0.1, 0.15) is 5.68 Å². The fourth-order valence-electron chi connectivity index (χ4n) is 0.779. The van der Waals surface area contributed by atoms with E-state index in [1.165, 1.54) is 7.85 Å². The van der Waals surface area contributed by atoms with E-state index in [-0.39, 0.29) is 5.68 Å². The topological polar surface area (TPSA) is 40.9 Å². The highest BCUT2D eigenvalue weighted by Gasteiger charge is 1.96. The molecule has 0 amide bonds. The van der Waals surface area contributed by atoms with Gasteiger partial charge in [0.15, 0.2) is 7.85 Å². The van der Waals surface area contributed by atoms with Gasteiger partial charge in [0, 0.05) is 5.56 Å². The lowest BCUT2D eigenvalue weighted by Crippen LogP contribution is -1.96. The van der Waals surface area contributed by atoms with Crippen LogP contribution in [0.1, 0.15) is 15.9 Å². The normalized spacial score (nSPS) is 8.64. The molecule has 0 radical (unpaired) electrons. The average molecular weight is 143 g/mol. The second kappa shape index (κ2) is 3.02. The van der Waals surface area contributed by atoms with Gasteiger partial charge in [-0.25, -0.2) is 0 Å². The summed E-state index contributed by atoms with van der Waals surface area (Å²) in [5.74, 6) is 0. The van der Waals surface area contributed by atoms with Gasteiger partial charge in [0.2, 0.25) is 0 Å². The first-order valence-electron chi connectivity index (χ1n) is 3.25. The molecule has 0 saturated heterocycles. The van der Waals surface area contributed by atoms with Gasteiger partial charge in [0.25, 0.3) is 0 Å². The second-order valence-corrected chi connectivity index (χ2v) is 2.25. The molecule has 0 bridgehead atoms. The highest BCUT2D eigenvalue weighted by molar-refractivity contribution is 6.62. The van der Waals surface area contributed by atoms with E-state index in [0.29, 0.717) is 11.1 Å². The number of hydrogen-bond acceptors (Lipinski definition) is 2. The monoisotopic (exact) mass is 143 g/mol. The zero-order valence-electron chi connectivity index (χ0n) is 6.16. The molecule has 0 atom stereocenters. The molecule has 1 rings (SSSR count). The summed E-state index contributed by atoms with van der Waals surface area (Å²) in [6, 6.07) is 8.56. The van der Waals surface area contributed by atoms with Gasteiger partial charge in [-0.1, -0.05) is 12.1 Å². The van der Waals surface area contributed by atoms with Crippen molar-refractivity contribution >= 4 is 13.5 Å². The SMILES string of the molecule is BC(=O)c1ccc(C#N)cc1. The van der Waals surface area contributed by atoms with Gasteiger partial charge in [-0.15, -0.1) is 0 Å². The number of benzene rings is 1. The van der Waals surface area contributed by atoms with E-state index in [0.717, 1.165) is 0 Å². The largest absolute Gasteiger partial charge is 0.307 e. The number of nitriles is 1. The third kappa shape index (κ3) is 1.68. The number of carbonyl (C=O) groups is 1. The predicted octanol–water partition coefficient (Wildman–Crippen LogP) is 0.332. The van der Waals surface area contributed by atoms with E-state index in [2.05, 4.69) is 0 Å². The molecule has 0 aliphatic carbocycles. The molecule has 0 heterocycles. The Bertz CT molecular complexity index is 310. The van der Waals surface area contributed by atoms with Gasteiger partial charge in [-0.2, -0.15) is 5.26 Å². The Morgan fingerprint density at radius 3 is 2.27 bits per heavy atom. The second-order valence-electron chi connectivity index (χ2n) is 2.25. The molecule has 0 N–H and O–H groups in total. The Morgan fingerprint density at radius 2 is 1.91 bits per heavy atom. The Balaban J connectivity index is 3.03. The van der Waals surface area contributed by atoms with Gasteiger partial charge in [0.05, 0.1) is 11.6 Å². The minimum atomic E-state index is 0.0227. The van der Waals surface area contributed by atoms with Crippen LogP contribution in [0.15, 0.2) is 24.3 Å². The zero-order chi connectivity index (χ0) is 8.27. The number of rotatable bonds is 1. The molecule has 0 saturated carbocycles. The van der Waals surface area contributed by atoms with E-state index >= 15 is 0 Å². The Morgan fingerprint density at radius 1 is 1.36 bits per heavy atom. The third-order valence-electron chi connectivity index (χ3n) is 1.42. The molecule has 1 aromatic carbocycles. The third-order valence-corrected chi connectivity index (χ3v) is 1.42. The van der Waals surface area contributed by atoms with Crippen molar-refractivity contribution in [3.05, 3.63) is 35.4 Å². The molecule has 11 heavy (non-hydrogen) atoms. The van der Waals surface area contributed by atoms with Crippen LogP contribution in [0, 0.1) is 11.3 Å². The van der Waals surface area contributed by atoms with Crippen molar-refractivity contribution in [2.75, 3.05) is 0 Å². The van der Waals surface area contributed by atoms with E-state index in [1.54, 1.807) is 24.3 Å². The molecular formula is C8H6BNO. The average Bonchev–Trinajstić information content (AvgIpc) is 2.05. The lowest BCUT2D eigenvalue weighted by molar-refractivity contribution is 0.108. The molecular weight excluding hydrogens is 137 g/mol. The van der Waals surface area contributed by atoms with Crippen molar-refractivity contribution in [2.45, 2.75) is 0 Å². The van der Waals surface area contributed by atoms with Gasteiger partial charge in [-0.3, -0.25) is 0 Å². The smallest absolute Gasteiger partial charge is 0.193 e. The maximum absolute atomic E-state index is 10.8. The Labute approximate surface area is 65.9 Å². The van der Waals surface area contributed by atoms with E-state index in [9.17, 15) is 4.79 Å². The van der Waals surface area contributed by atoms with E-state index < -0.39 is 0 Å². The molecule has 0 aliphatic heterocycles. The van der Waals surface area contributed by atoms with E-state index in [1.807, 2.05) is 6.07 Å². The molecule has 2 nitrogen and oxygen atoms in total. The van der Waals surface area contributed by atoms with Crippen LogP contribution in [-0.2, 0) is 0 Å². The summed E-state index contributed by atoms with van der Waals surface area (Å²) in [5, 5.41) is 8.43. The summed E-state index contributed by atoms with van der Waals surface area (Å²) in [5.41, 5.74) is 1.24. The van der Waals surface area contributed by atoms with Crippen LogP contribution < -0.4 is 0 Å². The van der Waals surface area contributed by atoms with Gasteiger partial charge in [-0.05, 0) is 12.1 Å². The quantitative estimate of drug-likeness (QED) is 0.531. The number of hydrogen-bond donors (Lipinski definition) is 0. The predicted molar refractivity (Wildman–Crippen MR) is 44.0 cm³/mol. The van der Waals surface area contributed by atoms with Crippen LogP contribution in [0.5, 0.6) is 0 Å². The first-order valence-corrected chi connectivity index (χ1v) is 3.25. The van der Waals surface area contributed by atoms with Crippen LogP contribution in [0.3, 0.4) is 0 Å². The molecule has 3 heteroatoms. The summed E-state index contributed by atoms with van der Waals surface area (Å²) >= 11 is 0. The van der Waals surface area contributed by atoms with Crippen molar-refractivity contribution in [1.29, 1.82) is 5.26 Å². The van der Waals surface area contributed by atoms with Crippen molar-refractivity contribution in [1.82, 2.24) is 0 Å². The Kier molecular flexibility index (Phi) is 2.07. The van der Waals surface area contributed by atoms with Crippen molar-refractivity contribution < 1.29 is 4.79 Å². The summed E-state index contributed by atoms with van der Waals surface area (Å²) in [6.07, 6.45) is 0. The summed E-state index contributed by atoms with van der Waals surface area (Å²) in [4.78, 5) is 10.8. The molecule has 0 fully saturated rings. The number of carbonyl (C=O) groups excluding carboxylic acids is 1. The lowest BCUT2D eigenvalue weighted by atomic mass is 9.94. The van der Waals surface area contributed by atoms with Crippen LogP contribution in [0.2, 0.25) is 0 Å². The number of nitrogens with zero attached hydrogens (tertiary/aromatic N) is 1. The van der Waals surface area contributed by atoms with Crippen LogP contribution >= 0.6 is 0 Å². The standard InChI is InChI=1S/C8H6BNO/c9-8(11)7-3-1-6(5-10)2-4-7/h1-4H,9H2. The molecule has 0 aliphatic rings. The summed E-state index contributed by atoms with van der Waals surface area (Å²) < 4.78 is 0. The van der Waals surface area contributed by atoms with Crippen molar-refractivity contribution in [3.8, 4) is 6.07 Å². The molecule has 0 unspecified atom stereocenters. The van der Waals surface area contributed by atoms with Crippen LogP contribution in [0.25, 0.3) is 0 Å². The highest BCUT2D eigenvalue weighted by Crippen LogP contribution is 2.02. The fraction of sp³-hybridized carbons (Fsp3) is 0. The minimum absolute atomic E-state index is 0.0227. The van der Waals surface area contributed by atoms with E-state index in [4.69, 9.17) is 5.26 Å². The highest BCUT2D eigenvalue weighted by atomic mass is 16.1. The summed E-state index contributed by atoms with van der Waals surface area (Å²) in [7, 11) is 1.50. The molecule has 1 aromatic rings. The fourth-order valence-corrected chi connectivity index (χ4v) is 0.779. The van der Waals surface area contributed by atoms with Gasteiger partial charge >= 0.3 is 0 Å². The van der Waals surface area contributed by atoms with Crippen molar-refractivity contribution in [3.63, 3.8) is 0 Å². The maximum Gasteiger partial charge on any atom is 0.193 e. The first-order chi connectivity index (χ1) is 5.24. The van der Waals surface area contributed by atoms with Crippen LogP contribution in [-0.4, -0.2) is 13.5 Å². The molecule has 52 valence electrons. The first kappa shape index (κ1) is 7.55. The van der Waals surface area contributed by atoms with Crippen LogP contribution in [0.4, 0.5) is 0 Å². The Hall–Kier alpha value is -1.56. The lowest BCUT2D eigenvalue weighted by Gasteiger charge is -1.92.